The summed E-state index contributed by atoms with van der Waals surface area (Å²) in [6.07, 6.45) is 5.84. The Kier molecular flexibility index (Phi) is 5.61. The van der Waals surface area contributed by atoms with Gasteiger partial charge in [-0.1, -0.05) is 25.1 Å². The van der Waals surface area contributed by atoms with Crippen LogP contribution in [0.2, 0.25) is 0 Å². The first-order valence-electron chi connectivity index (χ1n) is 11.4. The number of hydrogen-bond acceptors (Lipinski definition) is 5. The molecule has 1 fully saturated rings. The lowest BCUT2D eigenvalue weighted by Crippen LogP contribution is -2.37. The van der Waals surface area contributed by atoms with Crippen LogP contribution in [0.4, 0.5) is 0 Å². The average molecular weight is 438 g/mol. The first-order chi connectivity index (χ1) is 15.0. The summed E-state index contributed by atoms with van der Waals surface area (Å²) in [6.45, 7) is 4.34. The van der Waals surface area contributed by atoms with Gasteiger partial charge in [0.05, 0.1) is 12.5 Å². The predicted octanol–water partition coefficient (Wildman–Crippen LogP) is 4.45. The molecule has 1 aliphatic heterocycles. The van der Waals surface area contributed by atoms with Crippen molar-refractivity contribution in [2.75, 3.05) is 27.2 Å². The van der Waals surface area contributed by atoms with Crippen LogP contribution >= 0.6 is 11.3 Å². The van der Waals surface area contributed by atoms with Crippen molar-refractivity contribution >= 4 is 21.6 Å². The molecule has 0 spiro atoms. The minimum absolute atomic E-state index is 0.177. The third-order valence-electron chi connectivity index (χ3n) is 7.03. The monoisotopic (exact) mass is 437 g/mol. The second-order valence-corrected chi connectivity index (χ2v) is 10.3. The fourth-order valence-corrected chi connectivity index (χ4v) is 6.61. The molecule has 0 amide bonds. The van der Waals surface area contributed by atoms with Gasteiger partial charge in [-0.2, -0.15) is 0 Å². The maximum absolute atomic E-state index is 14.0. The lowest BCUT2D eigenvalue weighted by Gasteiger charge is -2.31. The van der Waals surface area contributed by atoms with Crippen LogP contribution in [0.25, 0.3) is 10.2 Å². The molecule has 1 unspecified atom stereocenters. The van der Waals surface area contributed by atoms with Crippen LogP contribution in [0, 0.1) is 5.92 Å². The molecule has 0 radical (unpaired) electrons. The quantitative estimate of drug-likeness (QED) is 0.605. The summed E-state index contributed by atoms with van der Waals surface area (Å²) in [4.78, 5) is 23.8. The van der Waals surface area contributed by atoms with E-state index in [4.69, 9.17) is 9.72 Å². The number of methoxy groups -OCH3 is 1. The van der Waals surface area contributed by atoms with Gasteiger partial charge in [0, 0.05) is 22.9 Å². The molecule has 3 aromatic rings. The third kappa shape index (κ3) is 3.80. The normalized spacial score (nSPS) is 20.2. The molecule has 164 valence electrons. The summed E-state index contributed by atoms with van der Waals surface area (Å²) in [5, 5.41) is 0.898. The largest absolute Gasteiger partial charge is 0.496 e. The number of thiophene rings is 1. The van der Waals surface area contributed by atoms with Crippen LogP contribution in [0.15, 0.2) is 29.1 Å². The number of nitrogens with zero attached hydrogens (tertiary/aromatic N) is 3. The van der Waals surface area contributed by atoms with Gasteiger partial charge in [-0.3, -0.25) is 9.36 Å². The molecule has 0 bridgehead atoms. The summed E-state index contributed by atoms with van der Waals surface area (Å²) in [5.74, 6) is 2.42. The number of hydrogen-bond donors (Lipinski definition) is 0. The van der Waals surface area contributed by atoms with Crippen molar-refractivity contribution in [1.29, 1.82) is 0 Å². The molecule has 2 aromatic heterocycles. The number of likely N-dealkylation sites (tertiary alicyclic amines) is 1. The van der Waals surface area contributed by atoms with E-state index in [1.54, 1.807) is 18.4 Å². The number of benzene rings is 1. The molecule has 5 nitrogen and oxygen atoms in total. The lowest BCUT2D eigenvalue weighted by molar-refractivity contribution is 0.216. The minimum atomic E-state index is 0.177. The van der Waals surface area contributed by atoms with Crippen molar-refractivity contribution in [3.05, 3.63) is 56.4 Å². The summed E-state index contributed by atoms with van der Waals surface area (Å²) in [5.41, 5.74) is 2.53. The maximum Gasteiger partial charge on any atom is 0.262 e. The van der Waals surface area contributed by atoms with E-state index in [2.05, 4.69) is 24.9 Å². The number of ether oxygens (including phenoxy) is 1. The van der Waals surface area contributed by atoms with Crippen molar-refractivity contribution in [1.82, 2.24) is 14.5 Å². The lowest BCUT2D eigenvalue weighted by atomic mass is 9.89. The molecule has 1 saturated heterocycles. The Balaban J connectivity index is 1.67. The fourth-order valence-electron chi connectivity index (χ4n) is 5.22. The van der Waals surface area contributed by atoms with Gasteiger partial charge in [0.2, 0.25) is 0 Å². The molecule has 5 rings (SSSR count). The summed E-state index contributed by atoms with van der Waals surface area (Å²) in [6, 6.07) is 8.28. The standard InChI is InChI=1S/C25H31N3O2S/c1-16-8-9-19-21(14-16)31-24-23(19)25(29)28(18-10-12-27(2)13-11-18)22(26-24)15-17-6-4-5-7-20(17)30-3/h4-7,16,18H,8-15H2,1-3H3. The Hall–Kier alpha value is -2.18. The molecular weight excluding hydrogens is 406 g/mol. The second-order valence-electron chi connectivity index (χ2n) is 9.26. The van der Waals surface area contributed by atoms with Gasteiger partial charge in [0.1, 0.15) is 16.4 Å². The first kappa shape index (κ1) is 20.7. The smallest absolute Gasteiger partial charge is 0.262 e. The van der Waals surface area contributed by atoms with E-state index >= 15 is 0 Å². The number of piperidine rings is 1. The molecular formula is C25H31N3O2S. The number of aryl methyl sites for hydroxylation is 1. The number of para-hydroxylation sites is 1. The van der Waals surface area contributed by atoms with E-state index in [9.17, 15) is 4.79 Å². The van der Waals surface area contributed by atoms with Gasteiger partial charge in [0.15, 0.2) is 0 Å². The van der Waals surface area contributed by atoms with Gasteiger partial charge >= 0.3 is 0 Å². The number of fused-ring (bicyclic) bond motifs is 3. The fraction of sp³-hybridized carbons (Fsp3) is 0.520. The van der Waals surface area contributed by atoms with E-state index in [1.807, 2.05) is 22.8 Å². The topological polar surface area (TPSA) is 47.4 Å². The van der Waals surface area contributed by atoms with Crippen LogP contribution in [-0.2, 0) is 19.3 Å². The van der Waals surface area contributed by atoms with Crippen LogP contribution in [0.3, 0.4) is 0 Å². The summed E-state index contributed by atoms with van der Waals surface area (Å²) < 4.78 is 7.64. The van der Waals surface area contributed by atoms with Gasteiger partial charge < -0.3 is 9.64 Å². The van der Waals surface area contributed by atoms with Gasteiger partial charge in [-0.25, -0.2) is 4.98 Å². The molecule has 31 heavy (non-hydrogen) atoms. The van der Waals surface area contributed by atoms with Crippen LogP contribution < -0.4 is 10.3 Å². The zero-order chi connectivity index (χ0) is 21.5. The third-order valence-corrected chi connectivity index (χ3v) is 8.18. The van der Waals surface area contributed by atoms with Crippen molar-refractivity contribution < 1.29 is 4.74 Å². The Morgan fingerprint density at radius 2 is 1.97 bits per heavy atom. The molecule has 1 aliphatic carbocycles. The minimum Gasteiger partial charge on any atom is -0.496 e. The Labute approximate surface area is 187 Å². The molecule has 6 heteroatoms. The summed E-state index contributed by atoms with van der Waals surface area (Å²) >= 11 is 1.74. The first-order valence-corrected chi connectivity index (χ1v) is 12.2. The van der Waals surface area contributed by atoms with E-state index in [-0.39, 0.29) is 11.6 Å². The number of rotatable bonds is 4. The van der Waals surface area contributed by atoms with E-state index < -0.39 is 0 Å². The highest BCUT2D eigenvalue weighted by Crippen LogP contribution is 2.37. The van der Waals surface area contributed by atoms with E-state index in [0.717, 1.165) is 72.5 Å². The van der Waals surface area contributed by atoms with Crippen LogP contribution in [0.1, 0.15) is 54.1 Å². The van der Waals surface area contributed by atoms with Crippen LogP contribution in [-0.4, -0.2) is 41.7 Å². The van der Waals surface area contributed by atoms with Gasteiger partial charge in [-0.15, -0.1) is 11.3 Å². The average Bonchev–Trinajstić information content (AvgIpc) is 3.12. The molecule has 0 N–H and O–H groups in total. The Morgan fingerprint density at radius 1 is 1.19 bits per heavy atom. The van der Waals surface area contributed by atoms with E-state index in [1.165, 1.54) is 10.4 Å². The molecule has 0 saturated carbocycles. The molecule has 1 atom stereocenters. The predicted molar refractivity (Wildman–Crippen MR) is 127 cm³/mol. The van der Waals surface area contributed by atoms with Crippen molar-refractivity contribution in [2.24, 2.45) is 5.92 Å². The molecule has 3 heterocycles. The highest BCUT2D eigenvalue weighted by Gasteiger charge is 2.28. The van der Waals surface area contributed by atoms with Crippen molar-refractivity contribution in [3.63, 3.8) is 0 Å². The Morgan fingerprint density at radius 3 is 2.74 bits per heavy atom. The highest BCUT2D eigenvalue weighted by molar-refractivity contribution is 7.18. The SMILES string of the molecule is COc1ccccc1Cc1nc2sc3c(c2c(=O)n1C1CCN(C)CC1)CCC(C)C3. The van der Waals surface area contributed by atoms with Gasteiger partial charge in [-0.05, 0) is 69.8 Å². The zero-order valence-corrected chi connectivity index (χ0v) is 19.5. The van der Waals surface area contributed by atoms with Crippen molar-refractivity contribution in [3.8, 4) is 5.75 Å². The maximum atomic E-state index is 14.0. The molecule has 2 aliphatic rings. The van der Waals surface area contributed by atoms with Gasteiger partial charge in [0.25, 0.3) is 5.56 Å². The zero-order valence-electron chi connectivity index (χ0n) is 18.7. The second kappa shape index (κ2) is 8.40. The number of aromatic nitrogens is 2. The van der Waals surface area contributed by atoms with Crippen molar-refractivity contribution in [2.45, 2.75) is 51.5 Å². The highest BCUT2D eigenvalue weighted by atomic mass is 32.1. The Bertz CT molecular complexity index is 1160. The summed E-state index contributed by atoms with van der Waals surface area (Å²) in [7, 11) is 3.86. The van der Waals surface area contributed by atoms with E-state index in [0.29, 0.717) is 12.3 Å². The molecule has 1 aromatic carbocycles. The van der Waals surface area contributed by atoms with Crippen LogP contribution in [0.5, 0.6) is 5.75 Å².